The molecule has 2 aliphatic rings. The highest BCUT2D eigenvalue weighted by molar-refractivity contribution is 5.60. The van der Waals surface area contributed by atoms with E-state index in [1.54, 1.807) is 5.57 Å². The van der Waals surface area contributed by atoms with Crippen LogP contribution in [0.4, 0.5) is 0 Å². The van der Waals surface area contributed by atoms with E-state index in [2.05, 4.69) is 30.3 Å². The van der Waals surface area contributed by atoms with E-state index in [9.17, 15) is 0 Å². The summed E-state index contributed by atoms with van der Waals surface area (Å²) in [7, 11) is 0. The van der Waals surface area contributed by atoms with Gasteiger partial charge in [0.1, 0.15) is 0 Å². The lowest BCUT2D eigenvalue weighted by molar-refractivity contribution is 0.811. The van der Waals surface area contributed by atoms with Crippen molar-refractivity contribution >= 4 is 6.08 Å². The number of nitrogens with two attached hydrogens (primary N) is 1. The van der Waals surface area contributed by atoms with Crippen LogP contribution in [0.1, 0.15) is 24.0 Å². The summed E-state index contributed by atoms with van der Waals surface area (Å²) in [5, 5.41) is 0. The van der Waals surface area contributed by atoms with E-state index in [1.807, 2.05) is 0 Å². The number of rotatable bonds is 1. The first-order chi connectivity index (χ1) is 6.84. The molecule has 0 saturated heterocycles. The molecule has 0 aliphatic heterocycles. The van der Waals surface area contributed by atoms with E-state index >= 15 is 0 Å². The van der Waals surface area contributed by atoms with Crippen LogP contribution in [0.15, 0.2) is 29.8 Å². The van der Waals surface area contributed by atoms with E-state index in [1.165, 1.54) is 30.4 Å². The quantitative estimate of drug-likeness (QED) is 0.714. The molecule has 2 unspecified atom stereocenters. The number of benzene rings is 1. The Morgan fingerprint density at radius 3 is 2.71 bits per heavy atom. The fourth-order valence-corrected chi connectivity index (χ4v) is 2.39. The first-order valence-electron chi connectivity index (χ1n) is 5.38. The Kier molecular flexibility index (Phi) is 1.74. The highest BCUT2D eigenvalue weighted by atomic mass is 14.7. The van der Waals surface area contributed by atoms with Crippen molar-refractivity contribution in [3.8, 4) is 0 Å². The SMILES string of the molecule is NC1CC1C1=Cc2ccccc2CC1. The van der Waals surface area contributed by atoms with Crippen molar-refractivity contribution in [1.82, 2.24) is 0 Å². The average molecular weight is 185 g/mol. The Labute approximate surface area is 84.6 Å². The predicted molar refractivity (Wildman–Crippen MR) is 58.8 cm³/mol. The Bertz CT molecular complexity index is 392. The first kappa shape index (κ1) is 8.25. The topological polar surface area (TPSA) is 26.0 Å². The van der Waals surface area contributed by atoms with Crippen molar-refractivity contribution in [2.24, 2.45) is 11.7 Å². The third-order valence-electron chi connectivity index (χ3n) is 3.40. The maximum Gasteiger partial charge on any atom is 0.0112 e. The van der Waals surface area contributed by atoms with Crippen LogP contribution in [0.5, 0.6) is 0 Å². The third kappa shape index (κ3) is 1.28. The van der Waals surface area contributed by atoms with Gasteiger partial charge < -0.3 is 5.73 Å². The second kappa shape index (κ2) is 2.96. The lowest BCUT2D eigenvalue weighted by Crippen LogP contribution is -2.07. The van der Waals surface area contributed by atoms with Gasteiger partial charge in [-0.25, -0.2) is 0 Å². The predicted octanol–water partition coefficient (Wildman–Crippen LogP) is 2.36. The van der Waals surface area contributed by atoms with Crippen molar-refractivity contribution in [1.29, 1.82) is 0 Å². The molecule has 1 saturated carbocycles. The zero-order chi connectivity index (χ0) is 9.54. The van der Waals surface area contributed by atoms with Crippen LogP contribution in [0.3, 0.4) is 0 Å². The van der Waals surface area contributed by atoms with Crippen LogP contribution >= 0.6 is 0 Å². The molecule has 1 aromatic rings. The minimum atomic E-state index is 0.450. The van der Waals surface area contributed by atoms with Crippen LogP contribution < -0.4 is 5.73 Å². The van der Waals surface area contributed by atoms with Gasteiger partial charge >= 0.3 is 0 Å². The molecule has 0 radical (unpaired) electrons. The molecule has 1 fully saturated rings. The molecule has 2 N–H and O–H groups in total. The van der Waals surface area contributed by atoms with Gasteiger partial charge in [0.25, 0.3) is 0 Å². The van der Waals surface area contributed by atoms with Gasteiger partial charge in [0.15, 0.2) is 0 Å². The molecule has 2 atom stereocenters. The third-order valence-corrected chi connectivity index (χ3v) is 3.40. The molecule has 2 aliphatic carbocycles. The van der Waals surface area contributed by atoms with E-state index in [0.29, 0.717) is 12.0 Å². The number of hydrogen-bond donors (Lipinski definition) is 1. The highest BCUT2D eigenvalue weighted by Crippen LogP contribution is 2.40. The molecule has 1 nitrogen and oxygen atoms in total. The van der Waals surface area contributed by atoms with Gasteiger partial charge in [0, 0.05) is 6.04 Å². The normalized spacial score (nSPS) is 29.4. The van der Waals surface area contributed by atoms with E-state index < -0.39 is 0 Å². The summed E-state index contributed by atoms with van der Waals surface area (Å²) in [6.07, 6.45) is 5.98. The minimum Gasteiger partial charge on any atom is -0.327 e. The minimum absolute atomic E-state index is 0.450. The van der Waals surface area contributed by atoms with Gasteiger partial charge in [-0.15, -0.1) is 0 Å². The molecule has 0 heterocycles. The molecule has 0 aromatic heterocycles. The van der Waals surface area contributed by atoms with Gasteiger partial charge in [0.05, 0.1) is 0 Å². The molecule has 0 spiro atoms. The Balaban J connectivity index is 1.95. The van der Waals surface area contributed by atoms with Crippen molar-refractivity contribution in [2.75, 3.05) is 0 Å². The van der Waals surface area contributed by atoms with E-state index in [4.69, 9.17) is 5.73 Å². The van der Waals surface area contributed by atoms with Crippen LogP contribution in [0.25, 0.3) is 6.08 Å². The zero-order valence-corrected chi connectivity index (χ0v) is 8.24. The lowest BCUT2D eigenvalue weighted by atomic mass is 9.90. The summed E-state index contributed by atoms with van der Waals surface area (Å²) in [5.74, 6) is 0.698. The smallest absolute Gasteiger partial charge is 0.0112 e. The summed E-state index contributed by atoms with van der Waals surface area (Å²) in [4.78, 5) is 0. The van der Waals surface area contributed by atoms with Crippen LogP contribution in [-0.4, -0.2) is 6.04 Å². The van der Waals surface area contributed by atoms with Crippen LogP contribution in [0, 0.1) is 5.92 Å². The van der Waals surface area contributed by atoms with Crippen molar-refractivity contribution in [3.05, 3.63) is 41.0 Å². The summed E-state index contributed by atoms with van der Waals surface area (Å²) in [6.45, 7) is 0. The molecule has 0 bridgehead atoms. The summed E-state index contributed by atoms with van der Waals surface area (Å²) in [6, 6.07) is 9.13. The van der Waals surface area contributed by atoms with E-state index in [0.717, 1.165) is 0 Å². The summed E-state index contributed by atoms with van der Waals surface area (Å²) < 4.78 is 0. The molecular weight excluding hydrogens is 170 g/mol. The lowest BCUT2D eigenvalue weighted by Gasteiger charge is -2.15. The molecular formula is C13H15N. The number of fused-ring (bicyclic) bond motifs is 1. The van der Waals surface area contributed by atoms with Crippen LogP contribution in [-0.2, 0) is 6.42 Å². The average Bonchev–Trinajstić information content (AvgIpc) is 2.95. The molecule has 0 amide bonds. The molecule has 72 valence electrons. The Morgan fingerprint density at radius 1 is 1.14 bits per heavy atom. The van der Waals surface area contributed by atoms with Crippen molar-refractivity contribution < 1.29 is 0 Å². The zero-order valence-electron chi connectivity index (χ0n) is 8.24. The van der Waals surface area contributed by atoms with Gasteiger partial charge in [-0.05, 0) is 36.3 Å². The fraction of sp³-hybridized carbons (Fsp3) is 0.385. The highest BCUT2D eigenvalue weighted by Gasteiger charge is 2.36. The second-order valence-electron chi connectivity index (χ2n) is 4.42. The molecule has 3 rings (SSSR count). The van der Waals surface area contributed by atoms with Crippen LogP contribution in [0.2, 0.25) is 0 Å². The van der Waals surface area contributed by atoms with Gasteiger partial charge in [-0.3, -0.25) is 0 Å². The Hall–Kier alpha value is -1.08. The summed E-state index contributed by atoms with van der Waals surface area (Å²) in [5.41, 5.74) is 10.4. The number of hydrogen-bond acceptors (Lipinski definition) is 1. The van der Waals surface area contributed by atoms with Crippen molar-refractivity contribution in [2.45, 2.75) is 25.3 Å². The maximum atomic E-state index is 5.88. The Morgan fingerprint density at radius 2 is 1.93 bits per heavy atom. The number of aryl methyl sites for hydroxylation is 1. The first-order valence-corrected chi connectivity index (χ1v) is 5.38. The van der Waals surface area contributed by atoms with Gasteiger partial charge in [-0.2, -0.15) is 0 Å². The van der Waals surface area contributed by atoms with Crippen molar-refractivity contribution in [3.63, 3.8) is 0 Å². The monoisotopic (exact) mass is 185 g/mol. The largest absolute Gasteiger partial charge is 0.327 e. The molecule has 1 heteroatoms. The van der Waals surface area contributed by atoms with Gasteiger partial charge in [-0.1, -0.05) is 35.9 Å². The molecule has 14 heavy (non-hydrogen) atoms. The maximum absolute atomic E-state index is 5.88. The van der Waals surface area contributed by atoms with E-state index in [-0.39, 0.29) is 0 Å². The van der Waals surface area contributed by atoms with Gasteiger partial charge in [0.2, 0.25) is 0 Å². The molecule has 1 aromatic carbocycles. The second-order valence-corrected chi connectivity index (χ2v) is 4.42. The standard InChI is InChI=1S/C13H15N/c14-13-8-12(13)11-6-5-9-3-1-2-4-10(9)7-11/h1-4,7,12-13H,5-6,8,14H2. The fourth-order valence-electron chi connectivity index (χ4n) is 2.39. The summed E-state index contributed by atoms with van der Waals surface area (Å²) >= 11 is 0.